The molecule has 0 aromatic heterocycles. The zero-order valence-corrected chi connectivity index (χ0v) is 10.7. The monoisotopic (exact) mass is 334 g/mol. The molecular weight excluding hydrogens is 327 g/mol. The summed E-state index contributed by atoms with van der Waals surface area (Å²) < 4.78 is 49.2. The van der Waals surface area contributed by atoms with E-state index in [-0.39, 0.29) is 21.5 Å². The van der Waals surface area contributed by atoms with E-state index < -0.39 is 24.5 Å². The summed E-state index contributed by atoms with van der Waals surface area (Å²) in [5.74, 6) is -0.747. The molecule has 1 nitrogen and oxygen atoms in total. The number of hydrogen-bond donors (Lipinski definition) is 1. The molecule has 1 rings (SSSR count). The molecule has 0 fully saturated rings. The first-order valence-corrected chi connectivity index (χ1v) is 5.75. The fourth-order valence-electron chi connectivity index (χ4n) is 1.32. The van der Waals surface area contributed by atoms with Crippen LogP contribution in [0.2, 0.25) is 5.02 Å². The highest BCUT2D eigenvalue weighted by Crippen LogP contribution is 2.29. The lowest BCUT2D eigenvalue weighted by Crippen LogP contribution is -2.21. The average molecular weight is 336 g/mol. The fraction of sp³-hybridized carbons (Fsp3) is 0.400. The van der Waals surface area contributed by atoms with Crippen LogP contribution in [0.3, 0.4) is 0 Å². The molecule has 0 radical (unpaired) electrons. The van der Waals surface area contributed by atoms with Crippen LogP contribution in [0.15, 0.2) is 16.6 Å². The largest absolute Gasteiger partial charge is 0.392 e. The molecule has 0 aliphatic heterocycles. The Hall–Kier alpha value is -0.330. The minimum Gasteiger partial charge on any atom is -0.392 e. The van der Waals surface area contributed by atoms with Gasteiger partial charge in [-0.05, 0) is 34.0 Å². The van der Waals surface area contributed by atoms with Gasteiger partial charge in [0.25, 0.3) is 0 Å². The Balaban J connectivity index is 2.79. The van der Waals surface area contributed by atoms with Crippen LogP contribution in [0.4, 0.5) is 17.6 Å². The molecular formula is C10H8BrClF4O. The van der Waals surface area contributed by atoms with Crippen LogP contribution in [-0.2, 0) is 6.42 Å². The van der Waals surface area contributed by atoms with E-state index in [0.29, 0.717) is 0 Å². The smallest absolute Gasteiger partial charge is 0.391 e. The van der Waals surface area contributed by atoms with Crippen molar-refractivity contribution in [2.45, 2.75) is 25.1 Å². The lowest BCUT2D eigenvalue weighted by molar-refractivity contribution is -0.153. The van der Waals surface area contributed by atoms with Crippen molar-refractivity contribution in [3.8, 4) is 0 Å². The number of aliphatic hydroxyl groups is 1. The van der Waals surface area contributed by atoms with E-state index in [1.807, 2.05) is 0 Å². The maximum atomic E-state index is 13.3. The molecule has 0 aliphatic carbocycles. The number of alkyl halides is 3. The summed E-state index contributed by atoms with van der Waals surface area (Å²) in [4.78, 5) is 0. The van der Waals surface area contributed by atoms with E-state index in [9.17, 15) is 22.7 Å². The molecule has 1 unspecified atom stereocenters. The van der Waals surface area contributed by atoms with Crippen molar-refractivity contribution in [2.75, 3.05) is 0 Å². The first kappa shape index (κ1) is 14.7. The van der Waals surface area contributed by atoms with Crippen LogP contribution >= 0.6 is 27.5 Å². The van der Waals surface area contributed by atoms with Crippen molar-refractivity contribution >= 4 is 27.5 Å². The van der Waals surface area contributed by atoms with Gasteiger partial charge in [0.15, 0.2) is 5.82 Å². The van der Waals surface area contributed by atoms with Gasteiger partial charge < -0.3 is 5.11 Å². The Labute approximate surface area is 109 Å². The molecule has 17 heavy (non-hydrogen) atoms. The van der Waals surface area contributed by atoms with Gasteiger partial charge >= 0.3 is 6.18 Å². The lowest BCUT2D eigenvalue weighted by Gasteiger charge is -2.14. The Morgan fingerprint density at radius 3 is 2.47 bits per heavy atom. The third-order valence-corrected chi connectivity index (χ3v) is 3.19. The van der Waals surface area contributed by atoms with Crippen molar-refractivity contribution in [1.82, 2.24) is 0 Å². The van der Waals surface area contributed by atoms with Crippen LogP contribution in [0, 0.1) is 5.82 Å². The zero-order chi connectivity index (χ0) is 13.2. The SMILES string of the molecule is OC(Cc1ccc(Cl)c(F)c1Br)CC(F)(F)F. The molecule has 1 N–H and O–H groups in total. The average Bonchev–Trinajstić information content (AvgIpc) is 2.16. The van der Waals surface area contributed by atoms with Gasteiger partial charge in [0.05, 0.1) is 22.0 Å². The minimum absolute atomic E-state index is 0.0220. The highest BCUT2D eigenvalue weighted by molar-refractivity contribution is 9.10. The number of rotatable bonds is 3. The second-order valence-electron chi connectivity index (χ2n) is 3.51. The summed E-state index contributed by atoms with van der Waals surface area (Å²) in [6.07, 6.45) is -7.68. The first-order chi connectivity index (χ1) is 7.70. The summed E-state index contributed by atoms with van der Waals surface area (Å²) in [6.45, 7) is 0. The lowest BCUT2D eigenvalue weighted by atomic mass is 10.1. The number of halogens is 6. The molecule has 1 aromatic rings. The Bertz CT molecular complexity index is 408. The predicted octanol–water partition coefficient (Wildman–Crippen LogP) is 4.10. The molecule has 96 valence electrons. The van der Waals surface area contributed by atoms with Crippen molar-refractivity contribution in [2.24, 2.45) is 0 Å². The molecule has 0 aliphatic rings. The Morgan fingerprint density at radius 2 is 1.94 bits per heavy atom. The summed E-state index contributed by atoms with van der Waals surface area (Å²) in [5, 5.41) is 9.09. The van der Waals surface area contributed by atoms with Gasteiger partial charge in [0.2, 0.25) is 0 Å². The van der Waals surface area contributed by atoms with Crippen LogP contribution in [-0.4, -0.2) is 17.4 Å². The first-order valence-electron chi connectivity index (χ1n) is 4.58. The highest BCUT2D eigenvalue weighted by Gasteiger charge is 2.31. The standard InChI is InChI=1S/C10H8BrClF4O/c11-8-5(1-2-7(12)9(8)13)3-6(17)4-10(14,15)16/h1-2,6,17H,3-4H2. The van der Waals surface area contributed by atoms with Crippen LogP contribution in [0.25, 0.3) is 0 Å². The van der Waals surface area contributed by atoms with Gasteiger partial charge in [-0.2, -0.15) is 13.2 Å². The fourth-order valence-corrected chi connectivity index (χ4v) is 2.10. The van der Waals surface area contributed by atoms with E-state index >= 15 is 0 Å². The summed E-state index contributed by atoms with van der Waals surface area (Å²) >= 11 is 8.37. The zero-order valence-electron chi connectivity index (χ0n) is 8.36. The topological polar surface area (TPSA) is 20.2 Å². The summed E-state index contributed by atoms with van der Waals surface area (Å²) in [6, 6.07) is 2.60. The van der Waals surface area contributed by atoms with E-state index in [1.54, 1.807) is 0 Å². The third-order valence-electron chi connectivity index (χ3n) is 2.04. The van der Waals surface area contributed by atoms with Crippen molar-refractivity contribution in [1.29, 1.82) is 0 Å². The Morgan fingerprint density at radius 1 is 1.35 bits per heavy atom. The van der Waals surface area contributed by atoms with Crippen molar-refractivity contribution < 1.29 is 22.7 Å². The third kappa shape index (κ3) is 4.44. The molecule has 7 heteroatoms. The van der Waals surface area contributed by atoms with E-state index in [1.165, 1.54) is 12.1 Å². The molecule has 0 heterocycles. The van der Waals surface area contributed by atoms with Crippen LogP contribution < -0.4 is 0 Å². The van der Waals surface area contributed by atoms with Gasteiger partial charge in [-0.25, -0.2) is 4.39 Å². The summed E-state index contributed by atoms with van der Waals surface area (Å²) in [5.41, 5.74) is 0.239. The van der Waals surface area contributed by atoms with Gasteiger partial charge in [0, 0.05) is 0 Å². The van der Waals surface area contributed by atoms with Crippen LogP contribution in [0.1, 0.15) is 12.0 Å². The molecule has 1 aromatic carbocycles. The van der Waals surface area contributed by atoms with E-state index in [0.717, 1.165) is 0 Å². The van der Waals surface area contributed by atoms with Crippen molar-refractivity contribution in [3.63, 3.8) is 0 Å². The van der Waals surface area contributed by atoms with Crippen molar-refractivity contribution in [3.05, 3.63) is 33.0 Å². The normalized spacial score (nSPS) is 13.8. The Kier molecular flexibility index (Phi) is 4.80. The van der Waals surface area contributed by atoms with Gasteiger partial charge in [-0.1, -0.05) is 17.7 Å². The predicted molar refractivity (Wildman–Crippen MR) is 59.5 cm³/mol. The maximum absolute atomic E-state index is 13.3. The second kappa shape index (κ2) is 5.54. The molecule has 0 amide bonds. The maximum Gasteiger partial charge on any atom is 0.391 e. The summed E-state index contributed by atoms with van der Waals surface area (Å²) in [7, 11) is 0. The van der Waals surface area contributed by atoms with Gasteiger partial charge in [0.1, 0.15) is 0 Å². The molecule has 0 spiro atoms. The molecule has 0 bridgehead atoms. The van der Waals surface area contributed by atoms with E-state index in [2.05, 4.69) is 15.9 Å². The molecule has 1 atom stereocenters. The number of aliphatic hydroxyl groups excluding tert-OH is 1. The van der Waals surface area contributed by atoms with Crippen LogP contribution in [0.5, 0.6) is 0 Å². The van der Waals surface area contributed by atoms with Gasteiger partial charge in [-0.15, -0.1) is 0 Å². The number of benzene rings is 1. The second-order valence-corrected chi connectivity index (χ2v) is 4.71. The molecule has 0 saturated heterocycles. The van der Waals surface area contributed by atoms with E-state index in [4.69, 9.17) is 11.6 Å². The van der Waals surface area contributed by atoms with Gasteiger partial charge in [-0.3, -0.25) is 0 Å². The minimum atomic E-state index is -4.45. The molecule has 0 saturated carbocycles. The highest BCUT2D eigenvalue weighted by atomic mass is 79.9. The number of hydrogen-bond acceptors (Lipinski definition) is 1. The quantitative estimate of drug-likeness (QED) is 0.651.